The Kier molecular flexibility index (Phi) is 2.62. The van der Waals surface area contributed by atoms with Crippen molar-refractivity contribution in [1.82, 2.24) is 9.78 Å². The minimum atomic E-state index is -4.36. The van der Waals surface area contributed by atoms with E-state index in [1.807, 2.05) is 0 Å². The Bertz CT molecular complexity index is 286. The van der Waals surface area contributed by atoms with Gasteiger partial charge >= 0.3 is 13.3 Å². The summed E-state index contributed by atoms with van der Waals surface area (Å²) in [5.74, 6) is 0. The predicted molar refractivity (Wildman–Crippen MR) is 38.1 cm³/mol. The first-order valence-corrected chi connectivity index (χ1v) is 3.34. The van der Waals surface area contributed by atoms with E-state index in [0.717, 1.165) is 12.4 Å². The molecule has 4 nitrogen and oxygen atoms in total. The van der Waals surface area contributed by atoms with Crippen LogP contribution in [0.5, 0.6) is 0 Å². The van der Waals surface area contributed by atoms with E-state index in [2.05, 4.69) is 5.10 Å². The molecule has 0 bridgehead atoms. The number of halogens is 3. The van der Waals surface area contributed by atoms with Gasteiger partial charge in [-0.05, 0) is 0 Å². The van der Waals surface area contributed by atoms with E-state index in [1.54, 1.807) is 0 Å². The SMILES string of the molecule is OB(O)c1cnn(CC(F)(F)F)c1. The summed E-state index contributed by atoms with van der Waals surface area (Å²) in [5, 5.41) is 20.4. The van der Waals surface area contributed by atoms with Crippen LogP contribution in [0.3, 0.4) is 0 Å². The standard InChI is InChI=1S/C5H6BF3N2O2/c7-5(8,9)3-11-2-4(1-10-11)6(12)13/h1-2,12-13H,3H2. The summed E-state index contributed by atoms with van der Waals surface area (Å²) in [7, 11) is -1.79. The van der Waals surface area contributed by atoms with Crippen molar-refractivity contribution in [3.05, 3.63) is 12.4 Å². The molecule has 0 aliphatic heterocycles. The maximum absolute atomic E-state index is 11.8. The van der Waals surface area contributed by atoms with E-state index in [9.17, 15) is 13.2 Å². The summed E-state index contributed by atoms with van der Waals surface area (Å²) < 4.78 is 35.9. The summed E-state index contributed by atoms with van der Waals surface area (Å²) >= 11 is 0. The van der Waals surface area contributed by atoms with Crippen LogP contribution in [0.15, 0.2) is 12.4 Å². The molecule has 1 aromatic heterocycles. The Labute approximate surface area is 71.7 Å². The Morgan fingerprint density at radius 3 is 2.46 bits per heavy atom. The molecule has 0 radical (unpaired) electrons. The van der Waals surface area contributed by atoms with E-state index < -0.39 is 19.8 Å². The zero-order chi connectivity index (χ0) is 10.1. The van der Waals surface area contributed by atoms with Crippen molar-refractivity contribution in [3.63, 3.8) is 0 Å². The van der Waals surface area contributed by atoms with Crippen molar-refractivity contribution in [2.45, 2.75) is 12.7 Å². The van der Waals surface area contributed by atoms with Crippen LogP contribution >= 0.6 is 0 Å². The molecule has 0 atom stereocenters. The monoisotopic (exact) mass is 194 g/mol. The number of rotatable bonds is 2. The summed E-state index contributed by atoms with van der Waals surface area (Å²) in [6, 6.07) is 0. The van der Waals surface area contributed by atoms with E-state index in [0.29, 0.717) is 4.68 Å². The number of aromatic nitrogens is 2. The highest BCUT2D eigenvalue weighted by molar-refractivity contribution is 6.58. The molecule has 0 spiro atoms. The average molecular weight is 194 g/mol. The lowest BCUT2D eigenvalue weighted by Gasteiger charge is -2.04. The molecule has 0 saturated carbocycles. The molecule has 1 heterocycles. The molecule has 8 heteroatoms. The maximum atomic E-state index is 11.8. The molecule has 0 amide bonds. The van der Waals surface area contributed by atoms with Crippen LogP contribution in [0.1, 0.15) is 0 Å². The third-order valence-corrected chi connectivity index (χ3v) is 1.29. The van der Waals surface area contributed by atoms with Crippen molar-refractivity contribution in [3.8, 4) is 0 Å². The fourth-order valence-corrected chi connectivity index (χ4v) is 0.783. The highest BCUT2D eigenvalue weighted by Crippen LogP contribution is 2.16. The minimum Gasteiger partial charge on any atom is -0.423 e. The molecule has 0 aliphatic carbocycles. The van der Waals surface area contributed by atoms with Crippen LogP contribution in [0, 0.1) is 0 Å². The second-order valence-corrected chi connectivity index (χ2v) is 2.46. The Morgan fingerprint density at radius 2 is 2.08 bits per heavy atom. The molecule has 1 aromatic rings. The normalized spacial score (nSPS) is 11.8. The van der Waals surface area contributed by atoms with E-state index in [-0.39, 0.29) is 5.46 Å². The zero-order valence-electron chi connectivity index (χ0n) is 6.36. The molecule has 0 unspecified atom stereocenters. The van der Waals surface area contributed by atoms with Crippen molar-refractivity contribution in [2.24, 2.45) is 0 Å². The second kappa shape index (κ2) is 3.39. The predicted octanol–water partition coefficient (Wildman–Crippen LogP) is -0.875. The van der Waals surface area contributed by atoms with Gasteiger partial charge in [0.25, 0.3) is 0 Å². The van der Waals surface area contributed by atoms with Crippen molar-refractivity contribution < 1.29 is 23.2 Å². The first-order chi connectivity index (χ1) is 5.88. The largest absolute Gasteiger partial charge is 0.491 e. The summed E-state index contributed by atoms with van der Waals surface area (Å²) in [6.07, 6.45) is -2.46. The number of hydrogen-bond donors (Lipinski definition) is 2. The third kappa shape index (κ3) is 3.07. The molecule has 2 N–H and O–H groups in total. The summed E-state index contributed by atoms with van der Waals surface area (Å²) in [5.41, 5.74) is -0.0655. The molecule has 0 fully saturated rings. The van der Waals surface area contributed by atoms with Gasteiger partial charge in [0.05, 0.1) is 0 Å². The lowest BCUT2D eigenvalue weighted by molar-refractivity contribution is -0.142. The fraction of sp³-hybridized carbons (Fsp3) is 0.400. The lowest BCUT2D eigenvalue weighted by atomic mass is 9.83. The van der Waals surface area contributed by atoms with Crippen molar-refractivity contribution >= 4 is 12.6 Å². The average Bonchev–Trinajstić information content (AvgIpc) is 2.31. The highest BCUT2D eigenvalue weighted by atomic mass is 19.4. The summed E-state index contributed by atoms with van der Waals surface area (Å²) in [6.45, 7) is -1.24. The zero-order valence-corrected chi connectivity index (χ0v) is 6.36. The maximum Gasteiger partial charge on any atom is 0.491 e. The van der Waals surface area contributed by atoms with Gasteiger partial charge in [-0.15, -0.1) is 0 Å². The molecular weight excluding hydrogens is 188 g/mol. The molecule has 0 saturated heterocycles. The second-order valence-electron chi connectivity index (χ2n) is 2.46. The van der Waals surface area contributed by atoms with Gasteiger partial charge in [-0.1, -0.05) is 0 Å². The van der Waals surface area contributed by atoms with Gasteiger partial charge < -0.3 is 10.0 Å². The molecule has 72 valence electrons. The first-order valence-electron chi connectivity index (χ1n) is 3.34. The van der Waals surface area contributed by atoms with Gasteiger partial charge in [-0.2, -0.15) is 18.3 Å². The fourth-order valence-electron chi connectivity index (χ4n) is 0.783. The van der Waals surface area contributed by atoms with Crippen LogP contribution in [-0.4, -0.2) is 33.1 Å². The Balaban J connectivity index is 2.70. The van der Waals surface area contributed by atoms with Crippen molar-refractivity contribution in [2.75, 3.05) is 0 Å². The Hall–Kier alpha value is -1.02. The van der Waals surface area contributed by atoms with Gasteiger partial charge in [0, 0.05) is 17.9 Å². The van der Waals surface area contributed by atoms with Crippen LogP contribution in [0.2, 0.25) is 0 Å². The molecular formula is C5H6BF3N2O2. The van der Waals surface area contributed by atoms with Crippen LogP contribution in [-0.2, 0) is 6.54 Å². The number of nitrogens with zero attached hydrogens (tertiary/aromatic N) is 2. The topological polar surface area (TPSA) is 58.3 Å². The van der Waals surface area contributed by atoms with Crippen LogP contribution < -0.4 is 5.46 Å². The van der Waals surface area contributed by atoms with Crippen molar-refractivity contribution in [1.29, 1.82) is 0 Å². The van der Waals surface area contributed by atoms with E-state index in [1.165, 1.54) is 0 Å². The van der Waals surface area contributed by atoms with Gasteiger partial charge in [0.2, 0.25) is 0 Å². The van der Waals surface area contributed by atoms with Gasteiger partial charge in [-0.3, -0.25) is 4.68 Å². The quantitative estimate of drug-likeness (QED) is 0.601. The lowest BCUT2D eigenvalue weighted by Crippen LogP contribution is -2.28. The van der Waals surface area contributed by atoms with E-state index >= 15 is 0 Å². The van der Waals surface area contributed by atoms with Crippen LogP contribution in [0.4, 0.5) is 13.2 Å². The molecule has 0 aromatic carbocycles. The number of hydrogen-bond acceptors (Lipinski definition) is 3. The minimum absolute atomic E-state index is 0.0655. The molecule has 13 heavy (non-hydrogen) atoms. The first kappa shape index (κ1) is 10.1. The smallest absolute Gasteiger partial charge is 0.423 e. The Morgan fingerprint density at radius 1 is 1.46 bits per heavy atom. The van der Waals surface area contributed by atoms with E-state index in [4.69, 9.17) is 10.0 Å². The van der Waals surface area contributed by atoms with Gasteiger partial charge in [0.15, 0.2) is 0 Å². The van der Waals surface area contributed by atoms with Gasteiger partial charge in [-0.25, -0.2) is 0 Å². The van der Waals surface area contributed by atoms with Gasteiger partial charge in [0.1, 0.15) is 6.54 Å². The third-order valence-electron chi connectivity index (χ3n) is 1.29. The molecule has 1 rings (SSSR count). The number of alkyl halides is 3. The molecule has 0 aliphatic rings. The summed E-state index contributed by atoms with van der Waals surface area (Å²) in [4.78, 5) is 0. The van der Waals surface area contributed by atoms with Crippen LogP contribution in [0.25, 0.3) is 0 Å². The highest BCUT2D eigenvalue weighted by Gasteiger charge is 2.28.